The Morgan fingerprint density at radius 3 is 2.58 bits per heavy atom. The smallest absolute Gasteiger partial charge is 0.337 e. The Bertz CT molecular complexity index is 761. The van der Waals surface area contributed by atoms with Crippen molar-refractivity contribution in [1.29, 1.82) is 0 Å². The molecule has 2 aromatic rings. The van der Waals surface area contributed by atoms with Crippen LogP contribution in [0.3, 0.4) is 0 Å². The van der Waals surface area contributed by atoms with Crippen LogP contribution >= 0.6 is 24.0 Å². The first kappa shape index (κ1) is 20.3. The number of ether oxygens (including phenoxy) is 1. The lowest BCUT2D eigenvalue weighted by atomic mass is 10.1. The summed E-state index contributed by atoms with van der Waals surface area (Å²) >= 11 is 7.20. The fourth-order valence-corrected chi connectivity index (χ4v) is 3.31. The van der Waals surface area contributed by atoms with Gasteiger partial charge in [0, 0.05) is 23.7 Å². The zero-order valence-corrected chi connectivity index (χ0v) is 16.9. The van der Waals surface area contributed by atoms with Gasteiger partial charge in [-0.05, 0) is 49.3 Å². The Kier molecular flexibility index (Phi) is 7.94. The van der Waals surface area contributed by atoms with Crippen LogP contribution in [0.15, 0.2) is 42.5 Å². The van der Waals surface area contributed by atoms with Crippen molar-refractivity contribution in [3.05, 3.63) is 64.7 Å². The van der Waals surface area contributed by atoms with Crippen LogP contribution < -0.4 is 10.6 Å². The van der Waals surface area contributed by atoms with Gasteiger partial charge in [0.2, 0.25) is 0 Å². The number of benzene rings is 2. The Labute approximate surface area is 164 Å². The van der Waals surface area contributed by atoms with Gasteiger partial charge >= 0.3 is 5.97 Å². The van der Waals surface area contributed by atoms with Crippen LogP contribution in [0.2, 0.25) is 0 Å². The van der Waals surface area contributed by atoms with Crippen molar-refractivity contribution in [3.63, 3.8) is 0 Å². The number of carbonyl (C=O) groups excluding carboxylic acids is 1. The third-order valence-electron chi connectivity index (χ3n) is 3.83. The molecule has 138 valence electrons. The van der Waals surface area contributed by atoms with E-state index in [4.69, 9.17) is 17.0 Å². The minimum Gasteiger partial charge on any atom is -0.465 e. The molecule has 0 atom stereocenters. The van der Waals surface area contributed by atoms with E-state index in [9.17, 15) is 4.79 Å². The van der Waals surface area contributed by atoms with Crippen molar-refractivity contribution < 1.29 is 9.53 Å². The maximum atomic E-state index is 11.6. The van der Waals surface area contributed by atoms with Crippen LogP contribution in [-0.4, -0.2) is 30.5 Å². The van der Waals surface area contributed by atoms with E-state index >= 15 is 0 Å². The van der Waals surface area contributed by atoms with Crippen molar-refractivity contribution in [3.8, 4) is 0 Å². The fourth-order valence-electron chi connectivity index (χ4n) is 2.28. The molecule has 2 rings (SSSR count). The molecule has 0 amide bonds. The van der Waals surface area contributed by atoms with Gasteiger partial charge in [0.25, 0.3) is 0 Å². The average molecular weight is 389 g/mol. The van der Waals surface area contributed by atoms with Gasteiger partial charge in [0.05, 0.1) is 12.7 Å². The van der Waals surface area contributed by atoms with E-state index in [0.717, 1.165) is 29.3 Å². The number of thioether (sulfide) groups is 1. The third-order valence-corrected chi connectivity index (χ3v) is 5.10. The Hall–Kier alpha value is -2.05. The second-order valence-electron chi connectivity index (χ2n) is 5.94. The SMILES string of the molecule is COC(=O)c1ccc(C)c(NC(=S)NCCSCc2ccc(C)cc2)c1. The monoisotopic (exact) mass is 388 g/mol. The number of rotatable bonds is 7. The lowest BCUT2D eigenvalue weighted by Gasteiger charge is -2.13. The van der Waals surface area contributed by atoms with Crippen molar-refractivity contribution in [2.24, 2.45) is 0 Å². The van der Waals surface area contributed by atoms with Crippen LogP contribution in [-0.2, 0) is 10.5 Å². The first-order valence-electron chi connectivity index (χ1n) is 8.36. The summed E-state index contributed by atoms with van der Waals surface area (Å²) in [7, 11) is 1.37. The van der Waals surface area contributed by atoms with Gasteiger partial charge in [-0.25, -0.2) is 4.79 Å². The molecule has 4 nitrogen and oxygen atoms in total. The van der Waals surface area contributed by atoms with Crippen LogP contribution in [0.25, 0.3) is 0 Å². The lowest BCUT2D eigenvalue weighted by molar-refractivity contribution is 0.0601. The minimum atomic E-state index is -0.362. The van der Waals surface area contributed by atoms with E-state index in [0.29, 0.717) is 10.7 Å². The number of hydrogen-bond donors (Lipinski definition) is 2. The van der Waals surface area contributed by atoms with Gasteiger partial charge in [0.1, 0.15) is 0 Å². The minimum absolute atomic E-state index is 0.362. The number of nitrogens with one attached hydrogen (secondary N) is 2. The lowest BCUT2D eigenvalue weighted by Crippen LogP contribution is -2.30. The largest absolute Gasteiger partial charge is 0.465 e. The van der Waals surface area contributed by atoms with E-state index in [1.165, 1.54) is 18.2 Å². The molecule has 0 aromatic heterocycles. The molecule has 0 aliphatic carbocycles. The van der Waals surface area contributed by atoms with Crippen LogP contribution in [0.4, 0.5) is 5.69 Å². The number of thiocarbonyl (C=S) groups is 1. The van der Waals surface area contributed by atoms with Crippen LogP contribution in [0, 0.1) is 13.8 Å². The summed E-state index contributed by atoms with van der Waals surface area (Å²) in [6.07, 6.45) is 0. The number of carbonyl (C=O) groups is 1. The highest BCUT2D eigenvalue weighted by atomic mass is 32.2. The second-order valence-corrected chi connectivity index (χ2v) is 7.45. The topological polar surface area (TPSA) is 50.4 Å². The third kappa shape index (κ3) is 6.35. The van der Waals surface area contributed by atoms with Crippen molar-refractivity contribution in [2.75, 3.05) is 24.7 Å². The summed E-state index contributed by atoms with van der Waals surface area (Å²) in [5, 5.41) is 6.89. The molecule has 0 heterocycles. The van der Waals surface area contributed by atoms with E-state index < -0.39 is 0 Å². The number of esters is 1. The van der Waals surface area contributed by atoms with Crippen molar-refractivity contribution >= 4 is 40.7 Å². The average Bonchev–Trinajstić information content (AvgIpc) is 2.64. The standard InChI is InChI=1S/C20H24N2O2S2/c1-14-4-7-16(8-5-14)13-26-11-10-21-20(25)22-18-12-17(19(23)24-3)9-6-15(18)2/h4-9,12H,10-11,13H2,1-3H3,(H2,21,22,25). The zero-order valence-electron chi connectivity index (χ0n) is 15.3. The molecule has 6 heteroatoms. The molecule has 26 heavy (non-hydrogen) atoms. The summed E-state index contributed by atoms with van der Waals surface area (Å²) in [6.45, 7) is 4.83. The highest BCUT2D eigenvalue weighted by molar-refractivity contribution is 7.98. The molecular formula is C20H24N2O2S2. The summed E-state index contributed by atoms with van der Waals surface area (Å²) in [5.74, 6) is 1.58. The Morgan fingerprint density at radius 2 is 1.88 bits per heavy atom. The highest BCUT2D eigenvalue weighted by Crippen LogP contribution is 2.17. The fraction of sp³-hybridized carbons (Fsp3) is 0.300. The molecule has 0 aliphatic heterocycles. The summed E-state index contributed by atoms with van der Waals surface area (Å²) in [5.41, 5.74) is 4.92. The number of aryl methyl sites for hydroxylation is 2. The summed E-state index contributed by atoms with van der Waals surface area (Å²) in [4.78, 5) is 11.6. The second kappa shape index (κ2) is 10.2. The highest BCUT2D eigenvalue weighted by Gasteiger charge is 2.08. The first-order chi connectivity index (χ1) is 12.5. The van der Waals surface area contributed by atoms with Gasteiger partial charge in [-0.1, -0.05) is 35.9 Å². The van der Waals surface area contributed by atoms with Crippen LogP contribution in [0.5, 0.6) is 0 Å². The molecule has 0 spiro atoms. The van der Waals surface area contributed by atoms with Gasteiger partial charge < -0.3 is 15.4 Å². The Balaban J connectivity index is 1.75. The molecule has 0 aliphatic rings. The van der Waals surface area contributed by atoms with E-state index in [2.05, 4.69) is 41.8 Å². The van der Waals surface area contributed by atoms with Gasteiger partial charge in [0.15, 0.2) is 5.11 Å². The molecule has 0 unspecified atom stereocenters. The van der Waals surface area contributed by atoms with Gasteiger partial charge in [-0.2, -0.15) is 11.8 Å². The zero-order chi connectivity index (χ0) is 18.9. The molecule has 0 fully saturated rings. The summed E-state index contributed by atoms with van der Waals surface area (Å²) < 4.78 is 4.75. The predicted octanol–water partition coefficient (Wildman–Crippen LogP) is 4.31. The molecule has 2 N–H and O–H groups in total. The van der Waals surface area contributed by atoms with E-state index in [1.807, 2.05) is 24.8 Å². The quantitative estimate of drug-likeness (QED) is 0.419. The van der Waals surface area contributed by atoms with Crippen molar-refractivity contribution in [2.45, 2.75) is 19.6 Å². The van der Waals surface area contributed by atoms with Crippen LogP contribution in [0.1, 0.15) is 27.0 Å². The number of hydrogen-bond acceptors (Lipinski definition) is 4. The van der Waals surface area contributed by atoms with Crippen molar-refractivity contribution in [1.82, 2.24) is 5.32 Å². The molecular weight excluding hydrogens is 364 g/mol. The molecule has 0 radical (unpaired) electrons. The number of methoxy groups -OCH3 is 1. The molecule has 0 saturated carbocycles. The summed E-state index contributed by atoms with van der Waals surface area (Å²) in [6, 6.07) is 14.0. The molecule has 2 aromatic carbocycles. The maximum Gasteiger partial charge on any atom is 0.337 e. The van der Waals surface area contributed by atoms with E-state index in [1.54, 1.807) is 12.1 Å². The number of anilines is 1. The Morgan fingerprint density at radius 1 is 1.15 bits per heavy atom. The van der Waals surface area contributed by atoms with Gasteiger partial charge in [-0.15, -0.1) is 0 Å². The van der Waals surface area contributed by atoms with Gasteiger partial charge in [-0.3, -0.25) is 0 Å². The predicted molar refractivity (Wildman–Crippen MR) is 114 cm³/mol. The first-order valence-corrected chi connectivity index (χ1v) is 9.93. The maximum absolute atomic E-state index is 11.6. The molecule has 0 bridgehead atoms. The molecule has 0 saturated heterocycles. The van der Waals surface area contributed by atoms with E-state index in [-0.39, 0.29) is 5.97 Å². The normalized spacial score (nSPS) is 10.3.